The number of nitrogens with zero attached hydrogens (tertiary/aromatic N) is 3. The van der Waals surface area contributed by atoms with Crippen molar-refractivity contribution in [2.75, 3.05) is 14.2 Å². The molecule has 1 aromatic carbocycles. The number of pyridine rings is 1. The van der Waals surface area contributed by atoms with Gasteiger partial charge in [0.1, 0.15) is 11.8 Å². The monoisotopic (exact) mass is 319 g/mol. The molecular weight excluding hydrogens is 298 g/mol. The van der Waals surface area contributed by atoms with Crippen LogP contribution in [0.25, 0.3) is 5.52 Å². The lowest BCUT2D eigenvalue weighted by Gasteiger charge is -2.17. The van der Waals surface area contributed by atoms with Crippen LogP contribution in [0.15, 0.2) is 48.8 Å². The molecule has 0 radical (unpaired) electrons. The summed E-state index contributed by atoms with van der Waals surface area (Å²) in [6.45, 7) is 3.61. The molecule has 0 unspecified atom stereocenters. The van der Waals surface area contributed by atoms with Crippen LogP contribution >= 0.6 is 0 Å². The Morgan fingerprint density at radius 1 is 1.21 bits per heavy atom. The Bertz CT molecular complexity index is 905. The summed E-state index contributed by atoms with van der Waals surface area (Å²) in [5, 5.41) is 9.51. The summed E-state index contributed by atoms with van der Waals surface area (Å²) in [6.07, 6.45) is 4.02. The van der Waals surface area contributed by atoms with Crippen LogP contribution in [-0.2, 0) is 13.1 Å². The lowest BCUT2D eigenvalue weighted by molar-refractivity contribution is 0.318. The van der Waals surface area contributed by atoms with Gasteiger partial charge in [0.25, 0.3) is 0 Å². The fourth-order valence-corrected chi connectivity index (χ4v) is 3.12. The van der Waals surface area contributed by atoms with E-state index in [9.17, 15) is 5.26 Å². The van der Waals surface area contributed by atoms with Gasteiger partial charge in [-0.1, -0.05) is 18.2 Å². The molecule has 4 heteroatoms. The van der Waals surface area contributed by atoms with E-state index in [0.717, 1.165) is 41.0 Å². The van der Waals surface area contributed by atoms with E-state index in [2.05, 4.69) is 37.1 Å². The maximum atomic E-state index is 9.51. The molecular formula is C20H21N3O. The van der Waals surface area contributed by atoms with Crippen LogP contribution < -0.4 is 4.74 Å². The number of aromatic nitrogens is 1. The fourth-order valence-electron chi connectivity index (χ4n) is 3.12. The smallest absolute Gasteiger partial charge is 0.121 e. The van der Waals surface area contributed by atoms with Crippen LogP contribution in [0.3, 0.4) is 0 Å². The van der Waals surface area contributed by atoms with Gasteiger partial charge in [0, 0.05) is 31.0 Å². The zero-order valence-corrected chi connectivity index (χ0v) is 14.3. The van der Waals surface area contributed by atoms with Gasteiger partial charge in [0.15, 0.2) is 0 Å². The first kappa shape index (κ1) is 16.1. The molecule has 0 spiro atoms. The molecule has 0 bridgehead atoms. The van der Waals surface area contributed by atoms with Crippen molar-refractivity contribution in [2.45, 2.75) is 20.0 Å². The highest BCUT2D eigenvalue weighted by Crippen LogP contribution is 2.22. The van der Waals surface area contributed by atoms with Gasteiger partial charge < -0.3 is 9.14 Å². The Labute approximate surface area is 142 Å². The summed E-state index contributed by atoms with van der Waals surface area (Å²) in [5.74, 6) is 0.909. The number of aryl methyl sites for hydroxylation is 1. The zero-order valence-electron chi connectivity index (χ0n) is 14.3. The minimum Gasteiger partial charge on any atom is -0.496 e. The Kier molecular flexibility index (Phi) is 4.54. The second kappa shape index (κ2) is 6.77. The number of fused-ring (bicyclic) bond motifs is 1. The molecule has 3 rings (SSSR count). The number of methoxy groups -OCH3 is 1. The van der Waals surface area contributed by atoms with Crippen LogP contribution in [0, 0.1) is 18.3 Å². The highest BCUT2D eigenvalue weighted by molar-refractivity contribution is 5.65. The largest absolute Gasteiger partial charge is 0.496 e. The second-order valence-corrected chi connectivity index (χ2v) is 6.11. The van der Waals surface area contributed by atoms with Crippen molar-refractivity contribution in [1.82, 2.24) is 9.30 Å². The van der Waals surface area contributed by atoms with Crippen molar-refractivity contribution in [3.8, 4) is 11.8 Å². The standard InChI is InChI=1S/C20H21N3O/c1-15-10-16(7-8-20(15)24-3)12-22(2)13-17-14-23-9-5-4-6-19(23)18(17)11-21/h4-10,14H,12-13H2,1-3H3. The van der Waals surface area contributed by atoms with Gasteiger partial charge in [-0.25, -0.2) is 0 Å². The third kappa shape index (κ3) is 3.12. The first-order valence-electron chi connectivity index (χ1n) is 7.93. The maximum absolute atomic E-state index is 9.51. The summed E-state index contributed by atoms with van der Waals surface area (Å²) in [5.41, 5.74) is 5.14. The summed E-state index contributed by atoms with van der Waals surface area (Å²) in [7, 11) is 3.76. The van der Waals surface area contributed by atoms with E-state index in [1.807, 2.05) is 41.1 Å². The Morgan fingerprint density at radius 3 is 2.75 bits per heavy atom. The van der Waals surface area contributed by atoms with Crippen LogP contribution in [0.5, 0.6) is 5.75 Å². The molecule has 0 N–H and O–H groups in total. The zero-order chi connectivity index (χ0) is 17.1. The van der Waals surface area contributed by atoms with Crippen LogP contribution in [0.2, 0.25) is 0 Å². The minimum atomic E-state index is 0.732. The summed E-state index contributed by atoms with van der Waals surface area (Å²) < 4.78 is 7.33. The number of benzene rings is 1. The average Bonchev–Trinajstić information content (AvgIpc) is 2.91. The van der Waals surface area contributed by atoms with Crippen LogP contribution in [-0.4, -0.2) is 23.5 Å². The molecule has 3 aromatic rings. The molecule has 0 aliphatic carbocycles. The predicted octanol–water partition coefficient (Wildman–Crippen LogP) is 3.76. The molecule has 0 aliphatic heterocycles. The van der Waals surface area contributed by atoms with Crippen molar-refractivity contribution in [2.24, 2.45) is 0 Å². The normalized spacial score (nSPS) is 11.0. The van der Waals surface area contributed by atoms with Gasteiger partial charge in [0.05, 0.1) is 18.2 Å². The first-order chi connectivity index (χ1) is 11.6. The van der Waals surface area contributed by atoms with Gasteiger partial charge in [-0.15, -0.1) is 0 Å². The highest BCUT2D eigenvalue weighted by Gasteiger charge is 2.12. The summed E-state index contributed by atoms with van der Waals surface area (Å²) >= 11 is 0. The van der Waals surface area contributed by atoms with Crippen molar-refractivity contribution in [1.29, 1.82) is 5.26 Å². The van der Waals surface area contributed by atoms with Gasteiger partial charge in [-0.3, -0.25) is 4.90 Å². The Morgan fingerprint density at radius 2 is 2.04 bits per heavy atom. The molecule has 2 heterocycles. The van der Waals surface area contributed by atoms with E-state index in [1.54, 1.807) is 7.11 Å². The van der Waals surface area contributed by atoms with Crippen molar-refractivity contribution in [3.05, 3.63) is 71.0 Å². The van der Waals surface area contributed by atoms with Crippen LogP contribution in [0.4, 0.5) is 0 Å². The highest BCUT2D eigenvalue weighted by atomic mass is 16.5. The number of ether oxygens (including phenoxy) is 1. The minimum absolute atomic E-state index is 0.732. The Hall–Kier alpha value is -2.77. The van der Waals surface area contributed by atoms with Gasteiger partial charge in [-0.2, -0.15) is 5.26 Å². The van der Waals surface area contributed by atoms with Gasteiger partial charge >= 0.3 is 0 Å². The van der Waals surface area contributed by atoms with E-state index in [-0.39, 0.29) is 0 Å². The molecule has 2 aromatic heterocycles. The molecule has 24 heavy (non-hydrogen) atoms. The first-order valence-corrected chi connectivity index (χ1v) is 7.93. The molecule has 0 saturated heterocycles. The lowest BCUT2D eigenvalue weighted by Crippen LogP contribution is -2.17. The fraction of sp³-hybridized carbons (Fsp3) is 0.250. The number of hydrogen-bond acceptors (Lipinski definition) is 3. The van der Waals surface area contributed by atoms with Gasteiger partial charge in [0.2, 0.25) is 0 Å². The average molecular weight is 319 g/mol. The van der Waals surface area contributed by atoms with E-state index < -0.39 is 0 Å². The third-order valence-corrected chi connectivity index (χ3v) is 4.23. The van der Waals surface area contributed by atoms with Crippen molar-refractivity contribution < 1.29 is 4.74 Å². The molecule has 4 nitrogen and oxygen atoms in total. The second-order valence-electron chi connectivity index (χ2n) is 6.11. The molecule has 122 valence electrons. The van der Waals surface area contributed by atoms with Crippen molar-refractivity contribution in [3.63, 3.8) is 0 Å². The third-order valence-electron chi connectivity index (χ3n) is 4.23. The van der Waals surface area contributed by atoms with Crippen LogP contribution in [0.1, 0.15) is 22.3 Å². The van der Waals surface area contributed by atoms with E-state index in [0.29, 0.717) is 0 Å². The molecule has 0 amide bonds. The molecule has 0 atom stereocenters. The number of nitriles is 1. The Balaban J connectivity index is 1.79. The topological polar surface area (TPSA) is 40.7 Å². The lowest BCUT2D eigenvalue weighted by atomic mass is 10.1. The maximum Gasteiger partial charge on any atom is 0.121 e. The predicted molar refractivity (Wildman–Crippen MR) is 95.0 cm³/mol. The molecule has 0 saturated carbocycles. The van der Waals surface area contributed by atoms with E-state index in [4.69, 9.17) is 4.74 Å². The molecule has 0 aliphatic rings. The quantitative estimate of drug-likeness (QED) is 0.719. The summed E-state index contributed by atoms with van der Waals surface area (Å²) in [4.78, 5) is 2.22. The SMILES string of the molecule is COc1ccc(CN(C)Cc2cn3ccccc3c2C#N)cc1C. The number of rotatable bonds is 5. The van der Waals surface area contributed by atoms with Gasteiger partial charge in [-0.05, 0) is 43.3 Å². The number of hydrogen-bond donors (Lipinski definition) is 0. The van der Waals surface area contributed by atoms with Crippen molar-refractivity contribution >= 4 is 5.52 Å². The van der Waals surface area contributed by atoms with E-state index >= 15 is 0 Å². The molecule has 0 fully saturated rings. The summed E-state index contributed by atoms with van der Waals surface area (Å²) in [6, 6.07) is 14.5. The van der Waals surface area contributed by atoms with E-state index in [1.165, 1.54) is 5.56 Å².